The van der Waals surface area contributed by atoms with E-state index in [4.69, 9.17) is 0 Å². The number of amides is 1. The molecule has 1 aromatic heterocycles. The molecule has 4 rings (SSSR count). The second-order valence-corrected chi connectivity index (χ2v) is 9.00. The SMILES string of the molecule is Cc1ccc(S(=O)(=O)Nc2cccc(C(=O)NCc3ccc(-n4ccnc4)cc3)c2)cc1. The number of hydrogen-bond donors (Lipinski definition) is 2. The molecular formula is C24H22N4O3S. The van der Waals surface area contributed by atoms with Gasteiger partial charge in [0, 0.05) is 35.9 Å². The van der Waals surface area contributed by atoms with Crippen LogP contribution >= 0.6 is 0 Å². The summed E-state index contributed by atoms with van der Waals surface area (Å²) in [6, 6.07) is 20.7. The first-order chi connectivity index (χ1) is 15.4. The van der Waals surface area contributed by atoms with Gasteiger partial charge in [0.25, 0.3) is 15.9 Å². The topological polar surface area (TPSA) is 93.1 Å². The molecule has 0 bridgehead atoms. The van der Waals surface area contributed by atoms with Crippen molar-refractivity contribution in [2.24, 2.45) is 0 Å². The van der Waals surface area contributed by atoms with Crippen molar-refractivity contribution >= 4 is 21.6 Å². The average Bonchev–Trinajstić information content (AvgIpc) is 3.33. The number of nitrogens with zero attached hydrogens (tertiary/aromatic N) is 2. The van der Waals surface area contributed by atoms with E-state index in [1.54, 1.807) is 55.0 Å². The molecule has 1 heterocycles. The van der Waals surface area contributed by atoms with Crippen molar-refractivity contribution in [2.75, 3.05) is 4.72 Å². The van der Waals surface area contributed by atoms with Crippen LogP contribution in [0.5, 0.6) is 0 Å². The molecule has 0 spiro atoms. The first kappa shape index (κ1) is 21.3. The summed E-state index contributed by atoms with van der Waals surface area (Å²) in [4.78, 5) is 16.8. The van der Waals surface area contributed by atoms with Crippen molar-refractivity contribution in [3.05, 3.63) is 108 Å². The highest BCUT2D eigenvalue weighted by atomic mass is 32.2. The fraction of sp³-hybridized carbons (Fsp3) is 0.0833. The number of anilines is 1. The van der Waals surface area contributed by atoms with E-state index in [0.29, 0.717) is 17.8 Å². The standard InChI is InChI=1S/C24H22N4O3S/c1-18-5-11-23(12-6-18)32(30,31)27-21-4-2-3-20(15-21)24(29)26-16-19-7-9-22(10-8-19)28-14-13-25-17-28/h2-15,17,27H,16H2,1H3,(H,26,29). The second-order valence-electron chi connectivity index (χ2n) is 7.32. The van der Waals surface area contributed by atoms with Crippen molar-refractivity contribution in [2.45, 2.75) is 18.4 Å². The highest BCUT2D eigenvalue weighted by Gasteiger charge is 2.15. The highest BCUT2D eigenvalue weighted by molar-refractivity contribution is 7.92. The van der Waals surface area contributed by atoms with Gasteiger partial charge in [-0.2, -0.15) is 0 Å². The van der Waals surface area contributed by atoms with E-state index in [9.17, 15) is 13.2 Å². The summed E-state index contributed by atoms with van der Waals surface area (Å²) >= 11 is 0. The minimum Gasteiger partial charge on any atom is -0.348 e. The van der Waals surface area contributed by atoms with E-state index in [1.165, 1.54) is 6.07 Å². The molecule has 8 heteroatoms. The van der Waals surface area contributed by atoms with E-state index in [1.807, 2.05) is 42.0 Å². The Balaban J connectivity index is 1.40. The van der Waals surface area contributed by atoms with Crippen LogP contribution in [0.2, 0.25) is 0 Å². The van der Waals surface area contributed by atoms with Gasteiger partial charge in [-0.15, -0.1) is 0 Å². The Morgan fingerprint density at radius 3 is 2.44 bits per heavy atom. The van der Waals surface area contributed by atoms with Gasteiger partial charge in [-0.1, -0.05) is 35.9 Å². The summed E-state index contributed by atoms with van der Waals surface area (Å²) in [5, 5.41) is 2.86. The van der Waals surface area contributed by atoms with Crippen LogP contribution in [0.15, 0.2) is 96.4 Å². The zero-order valence-electron chi connectivity index (χ0n) is 17.4. The van der Waals surface area contributed by atoms with Crippen molar-refractivity contribution in [3.63, 3.8) is 0 Å². The van der Waals surface area contributed by atoms with Gasteiger partial charge in [-0.25, -0.2) is 13.4 Å². The summed E-state index contributed by atoms with van der Waals surface area (Å²) in [5.41, 5.74) is 3.58. The molecule has 32 heavy (non-hydrogen) atoms. The zero-order valence-corrected chi connectivity index (χ0v) is 18.2. The number of carbonyl (C=O) groups excluding carboxylic acids is 1. The largest absolute Gasteiger partial charge is 0.348 e. The third-order valence-electron chi connectivity index (χ3n) is 4.90. The lowest BCUT2D eigenvalue weighted by Crippen LogP contribution is -2.23. The Kier molecular flexibility index (Phi) is 6.04. The lowest BCUT2D eigenvalue weighted by atomic mass is 10.1. The predicted octanol–water partition coefficient (Wildman–Crippen LogP) is 3.91. The lowest BCUT2D eigenvalue weighted by molar-refractivity contribution is 0.0951. The van der Waals surface area contributed by atoms with Crippen LogP contribution in [0.1, 0.15) is 21.5 Å². The molecule has 0 saturated heterocycles. The van der Waals surface area contributed by atoms with Crippen molar-refractivity contribution in [1.82, 2.24) is 14.9 Å². The molecule has 0 radical (unpaired) electrons. The van der Waals surface area contributed by atoms with Crippen molar-refractivity contribution in [1.29, 1.82) is 0 Å². The molecule has 1 amide bonds. The second kappa shape index (κ2) is 9.07. The molecule has 0 fully saturated rings. The van der Waals surface area contributed by atoms with Gasteiger partial charge >= 0.3 is 0 Å². The molecule has 0 saturated carbocycles. The Morgan fingerprint density at radius 2 is 1.75 bits per heavy atom. The number of aryl methyl sites for hydroxylation is 1. The molecule has 0 atom stereocenters. The van der Waals surface area contributed by atoms with Gasteiger partial charge in [0.2, 0.25) is 0 Å². The van der Waals surface area contributed by atoms with Gasteiger partial charge in [0.15, 0.2) is 0 Å². The number of imidazole rings is 1. The lowest BCUT2D eigenvalue weighted by Gasteiger charge is -2.11. The molecule has 4 aromatic rings. The fourth-order valence-electron chi connectivity index (χ4n) is 3.14. The maximum absolute atomic E-state index is 12.6. The average molecular weight is 447 g/mol. The van der Waals surface area contributed by atoms with Gasteiger partial charge in [0.1, 0.15) is 0 Å². The Hall–Kier alpha value is -3.91. The Bertz CT molecular complexity index is 1310. The Labute approximate surface area is 186 Å². The first-order valence-electron chi connectivity index (χ1n) is 9.96. The summed E-state index contributed by atoms with van der Waals surface area (Å²) < 4.78 is 29.6. The smallest absolute Gasteiger partial charge is 0.261 e. The molecule has 0 unspecified atom stereocenters. The number of benzene rings is 3. The molecule has 0 aliphatic carbocycles. The molecule has 2 N–H and O–H groups in total. The number of hydrogen-bond acceptors (Lipinski definition) is 4. The fourth-order valence-corrected chi connectivity index (χ4v) is 4.19. The Morgan fingerprint density at radius 1 is 1.00 bits per heavy atom. The summed E-state index contributed by atoms with van der Waals surface area (Å²) in [6.45, 7) is 2.24. The number of sulfonamides is 1. The molecule has 3 aromatic carbocycles. The van der Waals surface area contributed by atoms with Crippen LogP contribution in [0, 0.1) is 6.92 Å². The van der Waals surface area contributed by atoms with E-state index in [2.05, 4.69) is 15.0 Å². The van der Waals surface area contributed by atoms with E-state index in [-0.39, 0.29) is 10.8 Å². The van der Waals surface area contributed by atoms with Crippen LogP contribution in [-0.4, -0.2) is 23.9 Å². The number of rotatable bonds is 7. The maximum atomic E-state index is 12.6. The number of aromatic nitrogens is 2. The molecule has 162 valence electrons. The summed E-state index contributed by atoms with van der Waals surface area (Å²) in [7, 11) is -3.74. The van der Waals surface area contributed by atoms with Crippen molar-refractivity contribution in [3.8, 4) is 5.69 Å². The normalized spacial score (nSPS) is 11.2. The van der Waals surface area contributed by atoms with Gasteiger partial charge in [-0.05, 0) is 55.0 Å². The summed E-state index contributed by atoms with van der Waals surface area (Å²) in [6.07, 6.45) is 5.29. The third kappa shape index (κ3) is 5.04. The van der Waals surface area contributed by atoms with E-state index >= 15 is 0 Å². The third-order valence-corrected chi connectivity index (χ3v) is 6.30. The van der Waals surface area contributed by atoms with Gasteiger partial charge in [0.05, 0.1) is 11.2 Å². The van der Waals surface area contributed by atoms with Crippen LogP contribution in [0.3, 0.4) is 0 Å². The van der Waals surface area contributed by atoms with Gasteiger partial charge in [-0.3, -0.25) is 9.52 Å². The first-order valence-corrected chi connectivity index (χ1v) is 11.4. The quantitative estimate of drug-likeness (QED) is 0.450. The minimum atomic E-state index is -3.74. The molecular weight excluding hydrogens is 424 g/mol. The zero-order chi connectivity index (χ0) is 22.6. The molecule has 0 aliphatic rings. The highest BCUT2D eigenvalue weighted by Crippen LogP contribution is 2.18. The summed E-state index contributed by atoms with van der Waals surface area (Å²) in [5.74, 6) is -0.292. The number of carbonyl (C=O) groups is 1. The maximum Gasteiger partial charge on any atom is 0.261 e. The molecule has 0 aliphatic heterocycles. The van der Waals surface area contributed by atoms with E-state index in [0.717, 1.165) is 16.8 Å². The number of nitrogens with one attached hydrogen (secondary N) is 2. The van der Waals surface area contributed by atoms with Crippen LogP contribution in [0.25, 0.3) is 5.69 Å². The van der Waals surface area contributed by atoms with Crippen molar-refractivity contribution < 1.29 is 13.2 Å². The minimum absolute atomic E-state index is 0.164. The van der Waals surface area contributed by atoms with Crippen LogP contribution in [-0.2, 0) is 16.6 Å². The monoisotopic (exact) mass is 446 g/mol. The molecule has 7 nitrogen and oxygen atoms in total. The van der Waals surface area contributed by atoms with E-state index < -0.39 is 10.0 Å². The van der Waals surface area contributed by atoms with Crippen LogP contribution < -0.4 is 10.0 Å². The predicted molar refractivity (Wildman–Crippen MR) is 123 cm³/mol. The van der Waals surface area contributed by atoms with Crippen LogP contribution in [0.4, 0.5) is 5.69 Å². The van der Waals surface area contributed by atoms with Gasteiger partial charge < -0.3 is 9.88 Å².